The van der Waals surface area contributed by atoms with Gasteiger partial charge in [0.05, 0.1) is 6.61 Å². The molecule has 0 aliphatic rings. The minimum absolute atomic E-state index is 0.0626. The van der Waals surface area contributed by atoms with Crippen LogP contribution in [0.15, 0.2) is 0 Å². The molecule has 0 aromatic rings. The van der Waals surface area contributed by atoms with Crippen molar-refractivity contribution < 1.29 is 14.3 Å². The zero-order chi connectivity index (χ0) is 11.0. The minimum Gasteiger partial charge on any atom is -0.468 e. The fourth-order valence-electron chi connectivity index (χ4n) is 1.41. The molecule has 1 amide bonds. The van der Waals surface area contributed by atoms with Crippen molar-refractivity contribution in [1.82, 2.24) is 0 Å². The number of hydrogen-bond donors (Lipinski definition) is 1. The summed E-state index contributed by atoms with van der Waals surface area (Å²) in [4.78, 5) is 20.7. The molecule has 2 atom stereocenters. The van der Waals surface area contributed by atoms with Crippen molar-refractivity contribution in [3.05, 3.63) is 0 Å². The number of carbonyl (C=O) groups is 2. The van der Waals surface area contributed by atoms with Gasteiger partial charge in [0.25, 0.3) is 6.47 Å². The molecule has 0 aliphatic carbocycles. The Morgan fingerprint density at radius 1 is 1.57 bits per heavy atom. The number of ether oxygens (including phenoxy) is 1. The van der Waals surface area contributed by atoms with E-state index < -0.39 is 0 Å². The smallest absolute Gasteiger partial charge is 0.293 e. The predicted molar refractivity (Wildman–Crippen MR) is 53.4 cm³/mol. The summed E-state index contributed by atoms with van der Waals surface area (Å²) in [6.07, 6.45) is 2.21. The fourth-order valence-corrected chi connectivity index (χ4v) is 1.41. The Bertz CT molecular complexity index is 182. The molecule has 0 aromatic carbocycles. The maximum absolute atomic E-state index is 10.7. The predicted octanol–water partition coefficient (Wildman–Crippen LogP) is 1.09. The van der Waals surface area contributed by atoms with Gasteiger partial charge in [0.2, 0.25) is 5.91 Å². The molecule has 14 heavy (non-hydrogen) atoms. The molecule has 0 heterocycles. The summed E-state index contributed by atoms with van der Waals surface area (Å²) in [6.45, 7) is 4.89. The number of carbonyl (C=O) groups excluding carboxylic acids is 2. The van der Waals surface area contributed by atoms with Crippen LogP contribution in [0.2, 0.25) is 0 Å². The average molecular weight is 201 g/mol. The van der Waals surface area contributed by atoms with E-state index in [0.29, 0.717) is 12.4 Å². The Balaban J connectivity index is 3.95. The molecule has 0 bridgehead atoms. The molecule has 0 fully saturated rings. The normalized spacial score (nSPS) is 14.4. The molecular weight excluding hydrogens is 182 g/mol. The van der Waals surface area contributed by atoms with E-state index in [1.165, 1.54) is 0 Å². The zero-order valence-electron chi connectivity index (χ0n) is 8.86. The number of amides is 1. The van der Waals surface area contributed by atoms with E-state index >= 15 is 0 Å². The quantitative estimate of drug-likeness (QED) is 0.597. The Morgan fingerprint density at radius 3 is 2.64 bits per heavy atom. The lowest BCUT2D eigenvalue weighted by atomic mass is 9.92. The van der Waals surface area contributed by atoms with E-state index in [4.69, 9.17) is 5.73 Å². The molecule has 0 saturated carbocycles. The van der Waals surface area contributed by atoms with E-state index in [0.717, 1.165) is 12.8 Å². The first-order valence-corrected chi connectivity index (χ1v) is 4.93. The van der Waals surface area contributed by atoms with Gasteiger partial charge < -0.3 is 10.5 Å². The van der Waals surface area contributed by atoms with Gasteiger partial charge >= 0.3 is 0 Å². The van der Waals surface area contributed by atoms with Gasteiger partial charge in [-0.05, 0) is 12.3 Å². The first-order chi connectivity index (χ1) is 6.60. The van der Waals surface area contributed by atoms with Crippen molar-refractivity contribution in [1.29, 1.82) is 0 Å². The van der Waals surface area contributed by atoms with Crippen molar-refractivity contribution in [3.63, 3.8) is 0 Å². The fraction of sp³-hybridized carbons (Fsp3) is 0.800. The Kier molecular flexibility index (Phi) is 6.80. The van der Waals surface area contributed by atoms with Crippen LogP contribution in [0.5, 0.6) is 0 Å². The SMILES string of the molecule is CCC(C)CC(COC=O)CC(N)=O. The second-order valence-corrected chi connectivity index (χ2v) is 3.72. The number of primary amides is 1. The third kappa shape index (κ3) is 6.46. The highest BCUT2D eigenvalue weighted by atomic mass is 16.5. The molecule has 2 unspecified atom stereocenters. The van der Waals surface area contributed by atoms with E-state index in [1.54, 1.807) is 0 Å². The van der Waals surface area contributed by atoms with Crippen LogP contribution in [0.1, 0.15) is 33.1 Å². The maximum Gasteiger partial charge on any atom is 0.293 e. The van der Waals surface area contributed by atoms with Gasteiger partial charge in [-0.3, -0.25) is 9.59 Å². The largest absolute Gasteiger partial charge is 0.468 e. The van der Waals surface area contributed by atoms with Crippen LogP contribution < -0.4 is 5.73 Å². The van der Waals surface area contributed by atoms with Crippen LogP contribution in [0, 0.1) is 11.8 Å². The summed E-state index contributed by atoms with van der Waals surface area (Å²) in [5, 5.41) is 0. The van der Waals surface area contributed by atoms with Crippen molar-refractivity contribution in [2.45, 2.75) is 33.1 Å². The minimum atomic E-state index is -0.340. The van der Waals surface area contributed by atoms with Crippen LogP contribution in [0.25, 0.3) is 0 Å². The molecule has 0 aromatic heterocycles. The summed E-state index contributed by atoms with van der Waals surface area (Å²) in [5.74, 6) is 0.245. The summed E-state index contributed by atoms with van der Waals surface area (Å²) in [5.41, 5.74) is 5.10. The number of nitrogens with two attached hydrogens (primary N) is 1. The lowest BCUT2D eigenvalue weighted by Gasteiger charge is -2.17. The third-order valence-corrected chi connectivity index (χ3v) is 2.32. The van der Waals surface area contributed by atoms with Gasteiger partial charge in [0, 0.05) is 12.3 Å². The second kappa shape index (κ2) is 7.35. The van der Waals surface area contributed by atoms with Gasteiger partial charge in [-0.1, -0.05) is 20.3 Å². The van der Waals surface area contributed by atoms with E-state index in [1.807, 2.05) is 0 Å². The van der Waals surface area contributed by atoms with E-state index in [2.05, 4.69) is 18.6 Å². The number of hydrogen-bond acceptors (Lipinski definition) is 3. The summed E-state index contributed by atoms with van der Waals surface area (Å²) in [6, 6.07) is 0. The van der Waals surface area contributed by atoms with Gasteiger partial charge in [-0.25, -0.2) is 0 Å². The van der Waals surface area contributed by atoms with Gasteiger partial charge in [-0.15, -0.1) is 0 Å². The topological polar surface area (TPSA) is 69.4 Å². The first kappa shape index (κ1) is 12.9. The van der Waals surface area contributed by atoms with Gasteiger partial charge in [0.1, 0.15) is 0 Å². The molecule has 0 spiro atoms. The standard InChI is InChI=1S/C10H19NO3/c1-3-8(2)4-9(5-10(11)13)6-14-7-12/h7-9H,3-6H2,1-2H3,(H2,11,13). The Morgan fingerprint density at radius 2 is 2.21 bits per heavy atom. The van der Waals surface area contributed by atoms with Crippen LogP contribution in [-0.2, 0) is 14.3 Å². The van der Waals surface area contributed by atoms with Gasteiger partial charge in [-0.2, -0.15) is 0 Å². The highest BCUT2D eigenvalue weighted by Gasteiger charge is 2.15. The number of rotatable bonds is 8. The van der Waals surface area contributed by atoms with E-state index in [-0.39, 0.29) is 24.9 Å². The molecule has 2 N–H and O–H groups in total. The lowest BCUT2D eigenvalue weighted by molar-refractivity contribution is -0.131. The molecule has 0 saturated heterocycles. The molecule has 0 aliphatic heterocycles. The van der Waals surface area contributed by atoms with Crippen molar-refractivity contribution in [2.75, 3.05) is 6.61 Å². The van der Waals surface area contributed by atoms with Crippen molar-refractivity contribution >= 4 is 12.4 Å². The van der Waals surface area contributed by atoms with Crippen molar-refractivity contribution in [3.8, 4) is 0 Å². The molecule has 0 radical (unpaired) electrons. The third-order valence-electron chi connectivity index (χ3n) is 2.32. The molecule has 0 rings (SSSR count). The Labute approximate surface area is 84.8 Å². The average Bonchev–Trinajstić information content (AvgIpc) is 2.13. The second-order valence-electron chi connectivity index (χ2n) is 3.72. The molecule has 82 valence electrons. The zero-order valence-corrected chi connectivity index (χ0v) is 8.86. The summed E-state index contributed by atoms with van der Waals surface area (Å²) in [7, 11) is 0. The molecular formula is C10H19NO3. The summed E-state index contributed by atoms with van der Waals surface area (Å²) < 4.78 is 4.65. The monoisotopic (exact) mass is 201 g/mol. The summed E-state index contributed by atoms with van der Waals surface area (Å²) >= 11 is 0. The molecule has 4 nitrogen and oxygen atoms in total. The van der Waals surface area contributed by atoms with Gasteiger partial charge in [0.15, 0.2) is 0 Å². The van der Waals surface area contributed by atoms with Crippen LogP contribution >= 0.6 is 0 Å². The highest BCUT2D eigenvalue weighted by molar-refractivity contribution is 5.74. The van der Waals surface area contributed by atoms with E-state index in [9.17, 15) is 9.59 Å². The maximum atomic E-state index is 10.7. The van der Waals surface area contributed by atoms with Crippen LogP contribution in [0.3, 0.4) is 0 Å². The highest BCUT2D eigenvalue weighted by Crippen LogP contribution is 2.18. The molecule has 4 heteroatoms. The van der Waals surface area contributed by atoms with Crippen LogP contribution in [-0.4, -0.2) is 19.0 Å². The lowest BCUT2D eigenvalue weighted by Crippen LogP contribution is -2.21. The first-order valence-electron chi connectivity index (χ1n) is 4.93. The Hall–Kier alpha value is -1.06. The van der Waals surface area contributed by atoms with Crippen LogP contribution in [0.4, 0.5) is 0 Å². The van der Waals surface area contributed by atoms with Crippen molar-refractivity contribution in [2.24, 2.45) is 17.6 Å².